The van der Waals surface area contributed by atoms with Crippen LogP contribution in [0.3, 0.4) is 0 Å². The van der Waals surface area contributed by atoms with Crippen molar-refractivity contribution >= 4 is 12.4 Å². The van der Waals surface area contributed by atoms with Gasteiger partial charge in [0, 0.05) is 6.04 Å². The van der Waals surface area contributed by atoms with Crippen LogP contribution in [0.25, 0.3) is 0 Å². The second-order valence-electron chi connectivity index (χ2n) is 6.21. The summed E-state index contributed by atoms with van der Waals surface area (Å²) in [4.78, 5) is 0. The van der Waals surface area contributed by atoms with Crippen LogP contribution in [0.5, 0.6) is 0 Å². The number of hydrogen-bond acceptors (Lipinski definition) is 1. The van der Waals surface area contributed by atoms with Crippen molar-refractivity contribution in [1.29, 1.82) is 0 Å². The van der Waals surface area contributed by atoms with E-state index in [1.807, 2.05) is 0 Å². The monoisotopic (exact) mass is 263 g/mol. The van der Waals surface area contributed by atoms with E-state index in [4.69, 9.17) is 0 Å². The molecule has 1 N–H and O–H groups in total. The molecule has 1 nitrogen and oxygen atoms in total. The molecule has 0 saturated heterocycles. The smallest absolute Gasteiger partial charge is 0.0113 e. The van der Waals surface area contributed by atoms with Gasteiger partial charge in [-0.25, -0.2) is 0 Å². The molecule has 0 aromatic heterocycles. The predicted molar refractivity (Wildman–Crippen MR) is 77.6 cm³/mol. The third-order valence-corrected chi connectivity index (χ3v) is 4.88. The Kier molecular flexibility index (Phi) is 3.38. The van der Waals surface area contributed by atoms with Gasteiger partial charge in [0.25, 0.3) is 0 Å². The summed E-state index contributed by atoms with van der Waals surface area (Å²) in [6.45, 7) is 1.27. The van der Waals surface area contributed by atoms with Crippen molar-refractivity contribution < 1.29 is 0 Å². The Balaban J connectivity index is 0.000001000. The Bertz CT molecular complexity index is 439. The van der Waals surface area contributed by atoms with Gasteiger partial charge in [-0.3, -0.25) is 0 Å². The zero-order valence-electron chi connectivity index (χ0n) is 10.8. The van der Waals surface area contributed by atoms with Gasteiger partial charge in [-0.15, -0.1) is 12.4 Å². The Morgan fingerprint density at radius 2 is 1.94 bits per heavy atom. The maximum atomic E-state index is 3.81. The minimum absolute atomic E-state index is 0. The van der Waals surface area contributed by atoms with Gasteiger partial charge in [0.2, 0.25) is 0 Å². The highest BCUT2D eigenvalue weighted by Crippen LogP contribution is 2.42. The highest BCUT2D eigenvalue weighted by Gasteiger charge is 2.33. The molecule has 0 radical (unpaired) electrons. The molecular weight excluding hydrogens is 242 g/mol. The van der Waals surface area contributed by atoms with Gasteiger partial charge in [-0.2, -0.15) is 0 Å². The van der Waals surface area contributed by atoms with E-state index in [2.05, 4.69) is 23.5 Å². The molecule has 1 fully saturated rings. The largest absolute Gasteiger partial charge is 0.313 e. The summed E-state index contributed by atoms with van der Waals surface area (Å²) in [5.41, 5.74) is 5.02. The number of rotatable bonds is 3. The highest BCUT2D eigenvalue weighted by molar-refractivity contribution is 5.85. The maximum Gasteiger partial charge on any atom is 0.0113 e. The lowest BCUT2D eigenvalue weighted by Crippen LogP contribution is -2.36. The molecule has 3 aliphatic carbocycles. The maximum absolute atomic E-state index is 3.81. The number of nitrogens with one attached hydrogen (secondary N) is 1. The lowest BCUT2D eigenvalue weighted by molar-refractivity contribution is 0.406. The molecule has 1 aromatic carbocycles. The van der Waals surface area contributed by atoms with Crippen LogP contribution in [-0.4, -0.2) is 12.6 Å². The van der Waals surface area contributed by atoms with Crippen molar-refractivity contribution in [2.24, 2.45) is 5.92 Å². The minimum Gasteiger partial charge on any atom is -0.313 e. The third kappa shape index (κ3) is 2.19. The van der Waals surface area contributed by atoms with E-state index in [0.29, 0.717) is 0 Å². The quantitative estimate of drug-likeness (QED) is 0.881. The van der Waals surface area contributed by atoms with Crippen molar-refractivity contribution in [3.8, 4) is 0 Å². The summed E-state index contributed by atoms with van der Waals surface area (Å²) in [5.74, 6) is 1.87. The Morgan fingerprint density at radius 3 is 2.78 bits per heavy atom. The molecule has 3 aliphatic rings. The molecule has 0 amide bonds. The van der Waals surface area contributed by atoms with Crippen LogP contribution in [0, 0.1) is 5.92 Å². The van der Waals surface area contributed by atoms with Crippen LogP contribution in [0.4, 0.5) is 0 Å². The number of hydrogen-bond donors (Lipinski definition) is 1. The van der Waals surface area contributed by atoms with Gasteiger partial charge in [-0.05, 0) is 73.6 Å². The normalized spacial score (nSPS) is 28.7. The summed E-state index contributed by atoms with van der Waals surface area (Å²) in [5, 5.41) is 3.81. The summed E-state index contributed by atoms with van der Waals surface area (Å²) in [6.07, 6.45) is 8.30. The van der Waals surface area contributed by atoms with Crippen LogP contribution < -0.4 is 5.32 Å². The zero-order chi connectivity index (χ0) is 11.2. The van der Waals surface area contributed by atoms with Crippen molar-refractivity contribution in [2.45, 2.75) is 50.5 Å². The summed E-state index contributed by atoms with van der Waals surface area (Å²) >= 11 is 0. The van der Waals surface area contributed by atoms with Gasteiger partial charge in [-0.1, -0.05) is 18.2 Å². The first-order valence-electron chi connectivity index (χ1n) is 7.24. The first kappa shape index (κ1) is 12.5. The average Bonchev–Trinajstić information content (AvgIpc) is 3.10. The standard InChI is InChI=1S/C16H21N.ClH/c1-2-12-6-7-14-9-15(17-10-11-4-5-11)8-13(3-1)16(12)14;/h1-3,11,14-15,17H,4-10H2;1H. The van der Waals surface area contributed by atoms with E-state index in [1.165, 1.54) is 45.1 Å². The van der Waals surface area contributed by atoms with Gasteiger partial charge >= 0.3 is 0 Å². The fourth-order valence-corrected chi connectivity index (χ4v) is 3.80. The number of halogens is 1. The third-order valence-electron chi connectivity index (χ3n) is 4.88. The second kappa shape index (κ2) is 4.86. The number of benzene rings is 1. The molecule has 2 heteroatoms. The Labute approximate surface area is 116 Å². The van der Waals surface area contributed by atoms with Crippen LogP contribution in [0.15, 0.2) is 18.2 Å². The van der Waals surface area contributed by atoms with E-state index in [-0.39, 0.29) is 12.4 Å². The van der Waals surface area contributed by atoms with E-state index < -0.39 is 0 Å². The highest BCUT2D eigenvalue weighted by atomic mass is 35.5. The molecule has 4 rings (SSSR count). The molecule has 2 unspecified atom stereocenters. The zero-order valence-corrected chi connectivity index (χ0v) is 11.6. The van der Waals surface area contributed by atoms with Crippen molar-refractivity contribution in [3.05, 3.63) is 34.9 Å². The lowest BCUT2D eigenvalue weighted by atomic mass is 9.81. The molecular formula is C16H22ClN. The molecule has 0 bridgehead atoms. The summed E-state index contributed by atoms with van der Waals surface area (Å²) < 4.78 is 0. The van der Waals surface area contributed by atoms with Crippen molar-refractivity contribution in [1.82, 2.24) is 5.32 Å². The summed E-state index contributed by atoms with van der Waals surface area (Å²) in [6, 6.07) is 7.72. The molecule has 1 aromatic rings. The van der Waals surface area contributed by atoms with E-state index >= 15 is 0 Å². The summed E-state index contributed by atoms with van der Waals surface area (Å²) in [7, 11) is 0. The molecule has 0 aliphatic heterocycles. The van der Waals surface area contributed by atoms with Gasteiger partial charge in [0.15, 0.2) is 0 Å². The minimum atomic E-state index is 0. The first-order valence-corrected chi connectivity index (χ1v) is 7.24. The Morgan fingerprint density at radius 1 is 1.11 bits per heavy atom. The fraction of sp³-hybridized carbons (Fsp3) is 0.625. The van der Waals surface area contributed by atoms with Gasteiger partial charge in [0.05, 0.1) is 0 Å². The van der Waals surface area contributed by atoms with Gasteiger partial charge < -0.3 is 5.32 Å². The molecule has 1 saturated carbocycles. The molecule has 0 spiro atoms. The van der Waals surface area contributed by atoms with Crippen LogP contribution in [-0.2, 0) is 12.8 Å². The Hall–Kier alpha value is -0.530. The lowest BCUT2D eigenvalue weighted by Gasteiger charge is -2.30. The van der Waals surface area contributed by atoms with Crippen molar-refractivity contribution in [3.63, 3.8) is 0 Å². The van der Waals surface area contributed by atoms with E-state index in [1.54, 1.807) is 16.7 Å². The SMILES string of the molecule is Cl.c1cc2c3c(c1)CC(NCC1CC1)CC3CC2. The van der Waals surface area contributed by atoms with Crippen molar-refractivity contribution in [2.75, 3.05) is 6.54 Å². The van der Waals surface area contributed by atoms with E-state index in [9.17, 15) is 0 Å². The number of aryl methyl sites for hydroxylation is 1. The molecule has 18 heavy (non-hydrogen) atoms. The topological polar surface area (TPSA) is 12.0 Å². The van der Waals surface area contributed by atoms with E-state index in [0.717, 1.165) is 17.9 Å². The molecule has 0 heterocycles. The van der Waals surface area contributed by atoms with Gasteiger partial charge in [0.1, 0.15) is 0 Å². The molecule has 2 atom stereocenters. The van der Waals surface area contributed by atoms with Crippen LogP contribution in [0.2, 0.25) is 0 Å². The second-order valence-corrected chi connectivity index (χ2v) is 6.21. The average molecular weight is 264 g/mol. The van der Waals surface area contributed by atoms with Crippen LogP contribution in [0.1, 0.15) is 48.3 Å². The fourth-order valence-electron chi connectivity index (χ4n) is 3.80. The predicted octanol–water partition coefficient (Wildman–Crippen LogP) is 3.45. The first-order chi connectivity index (χ1) is 8.40. The molecule has 98 valence electrons. The van der Waals surface area contributed by atoms with Crippen LogP contribution >= 0.6 is 12.4 Å².